The molecule has 196 valence electrons. The van der Waals surface area contributed by atoms with Gasteiger partial charge in [0.1, 0.15) is 6.79 Å². The average molecular weight is 509 g/mol. The molecule has 2 aromatic rings. The van der Waals surface area contributed by atoms with Gasteiger partial charge in [0.15, 0.2) is 0 Å². The van der Waals surface area contributed by atoms with Crippen LogP contribution in [0.2, 0.25) is 0 Å². The van der Waals surface area contributed by atoms with Gasteiger partial charge < -0.3 is 18.9 Å². The molecule has 0 aliphatic carbocycles. The number of ether oxygens (including phenoxy) is 4. The molecule has 0 aliphatic rings. The van der Waals surface area contributed by atoms with Gasteiger partial charge in [-0.25, -0.2) is 0 Å². The second-order valence-electron chi connectivity index (χ2n) is 9.10. The van der Waals surface area contributed by atoms with Crippen LogP contribution >= 0.6 is 0 Å². The van der Waals surface area contributed by atoms with Crippen LogP contribution in [0.4, 0.5) is 0 Å². The second-order valence-corrected chi connectivity index (χ2v) is 10.7. The molecular weight excluding hydrogens is 468 g/mol. The van der Waals surface area contributed by atoms with Crippen LogP contribution in [0.5, 0.6) is 0 Å². The van der Waals surface area contributed by atoms with Gasteiger partial charge in [-0.15, -0.1) is 0 Å². The summed E-state index contributed by atoms with van der Waals surface area (Å²) < 4.78 is 51.8. The minimum absolute atomic E-state index is 0.0157. The van der Waals surface area contributed by atoms with E-state index in [1.165, 1.54) is 0 Å². The molecule has 0 amide bonds. The van der Waals surface area contributed by atoms with Crippen LogP contribution in [0.3, 0.4) is 0 Å². The smallest absolute Gasteiger partial charge is 0.264 e. The van der Waals surface area contributed by atoms with Gasteiger partial charge in [-0.1, -0.05) is 81.4 Å². The highest BCUT2D eigenvalue weighted by atomic mass is 32.2. The van der Waals surface area contributed by atoms with Gasteiger partial charge in [0.05, 0.1) is 44.9 Å². The molecule has 0 aromatic heterocycles. The summed E-state index contributed by atoms with van der Waals surface area (Å²) in [4.78, 5) is 0. The molecule has 0 aliphatic heterocycles. The molecule has 0 spiro atoms. The van der Waals surface area contributed by atoms with Crippen LogP contribution in [0.15, 0.2) is 60.7 Å². The van der Waals surface area contributed by atoms with Crippen molar-refractivity contribution in [1.29, 1.82) is 0 Å². The molecule has 2 aromatic carbocycles. The summed E-state index contributed by atoms with van der Waals surface area (Å²) in [5.41, 5.74) is 2.19. The van der Waals surface area contributed by atoms with E-state index < -0.39 is 10.1 Å². The molecule has 0 fully saturated rings. The summed E-state index contributed by atoms with van der Waals surface area (Å²) >= 11 is 0. The van der Waals surface area contributed by atoms with Gasteiger partial charge in [0, 0.05) is 24.9 Å². The van der Waals surface area contributed by atoms with Crippen LogP contribution in [-0.2, 0) is 46.5 Å². The fourth-order valence-corrected chi connectivity index (χ4v) is 4.59. The second kappa shape index (κ2) is 15.3. The van der Waals surface area contributed by atoms with E-state index in [0.29, 0.717) is 19.8 Å². The molecule has 0 saturated heterocycles. The Morgan fingerprint density at radius 2 is 1.26 bits per heavy atom. The average Bonchev–Trinajstić information content (AvgIpc) is 2.84. The van der Waals surface area contributed by atoms with Crippen molar-refractivity contribution in [2.45, 2.75) is 46.2 Å². The summed E-state index contributed by atoms with van der Waals surface area (Å²) in [6.07, 6.45) is 0.481. The van der Waals surface area contributed by atoms with Crippen LogP contribution in [0, 0.1) is 17.8 Å². The highest BCUT2D eigenvalue weighted by Gasteiger charge is 2.35. The minimum atomic E-state index is -3.56. The van der Waals surface area contributed by atoms with Gasteiger partial charge in [-0.05, 0) is 11.1 Å². The number of benzene rings is 2. The van der Waals surface area contributed by atoms with Crippen LogP contribution in [0.25, 0.3) is 0 Å². The Balaban J connectivity index is 2.13. The normalized spacial score (nSPS) is 16.4. The zero-order chi connectivity index (χ0) is 25.7. The molecule has 0 bridgehead atoms. The van der Waals surface area contributed by atoms with Crippen molar-refractivity contribution < 1.29 is 31.5 Å². The first-order valence-electron chi connectivity index (χ1n) is 11.9. The van der Waals surface area contributed by atoms with Crippen molar-refractivity contribution in [2.24, 2.45) is 17.8 Å². The van der Waals surface area contributed by atoms with E-state index in [-0.39, 0.29) is 43.4 Å². The maximum absolute atomic E-state index is 11.5. The van der Waals surface area contributed by atoms with Crippen LogP contribution in [0.1, 0.15) is 31.9 Å². The Hall–Kier alpha value is -1.81. The summed E-state index contributed by atoms with van der Waals surface area (Å²) in [6.45, 7) is 7.64. The number of rotatable bonds is 17. The highest BCUT2D eigenvalue weighted by molar-refractivity contribution is 7.85. The van der Waals surface area contributed by atoms with Gasteiger partial charge in [0.2, 0.25) is 0 Å². The van der Waals surface area contributed by atoms with E-state index in [1.54, 1.807) is 7.11 Å². The monoisotopic (exact) mass is 508 g/mol. The summed E-state index contributed by atoms with van der Waals surface area (Å²) in [5.74, 6) is -0.258. The lowest BCUT2D eigenvalue weighted by Crippen LogP contribution is -2.43. The fraction of sp³-hybridized carbons (Fsp3) is 0.556. The standard InChI is InChI=1S/C27H40O7S/c1-21(16-31-18-24-12-8-6-9-13-24)26(32-19-25-14-10-7-11-15-25)23(3)27(33-20-30-4)22(2)17-34-35(5,28)29/h6-15,21-23,26-27H,16-20H2,1-5H3/t21-,22-,23-,26-,27-/m0/s1. The van der Waals surface area contributed by atoms with Crippen molar-refractivity contribution in [3.8, 4) is 0 Å². The summed E-state index contributed by atoms with van der Waals surface area (Å²) in [7, 11) is -2.00. The molecule has 0 saturated carbocycles. The minimum Gasteiger partial charge on any atom is -0.376 e. The summed E-state index contributed by atoms with van der Waals surface area (Å²) in [6, 6.07) is 20.0. The molecule has 8 heteroatoms. The predicted octanol–water partition coefficient (Wildman–Crippen LogP) is 4.66. The van der Waals surface area contributed by atoms with Crippen molar-refractivity contribution in [3.63, 3.8) is 0 Å². The van der Waals surface area contributed by atoms with Gasteiger partial charge >= 0.3 is 0 Å². The topological polar surface area (TPSA) is 80.3 Å². The molecular formula is C27H40O7S. The first kappa shape index (κ1) is 29.4. The van der Waals surface area contributed by atoms with E-state index in [9.17, 15) is 8.42 Å². The lowest BCUT2D eigenvalue weighted by atomic mass is 9.84. The highest BCUT2D eigenvalue weighted by Crippen LogP contribution is 2.28. The first-order valence-corrected chi connectivity index (χ1v) is 13.7. The number of methoxy groups -OCH3 is 1. The lowest BCUT2D eigenvalue weighted by molar-refractivity contribution is -0.150. The SMILES string of the molecule is COCO[C@H]([C@@H](C)[C@@H](OCc1ccccc1)[C@@H](C)COCc1ccccc1)[C@@H](C)COS(C)(=O)=O. The lowest BCUT2D eigenvalue weighted by Gasteiger charge is -2.37. The molecule has 5 atom stereocenters. The molecule has 35 heavy (non-hydrogen) atoms. The third-order valence-corrected chi connectivity index (χ3v) is 6.42. The van der Waals surface area contributed by atoms with Gasteiger partial charge in [-0.3, -0.25) is 4.18 Å². The zero-order valence-corrected chi connectivity index (χ0v) is 22.3. The Kier molecular flexibility index (Phi) is 12.9. The number of hydrogen-bond donors (Lipinski definition) is 0. The third-order valence-electron chi connectivity index (χ3n) is 5.86. The third kappa shape index (κ3) is 11.2. The van der Waals surface area contributed by atoms with E-state index >= 15 is 0 Å². The van der Waals surface area contributed by atoms with Gasteiger partial charge in [-0.2, -0.15) is 8.42 Å². The Morgan fingerprint density at radius 3 is 1.80 bits per heavy atom. The fourth-order valence-electron chi connectivity index (χ4n) is 4.13. The van der Waals surface area contributed by atoms with Crippen LogP contribution < -0.4 is 0 Å². The Morgan fingerprint density at radius 1 is 0.743 bits per heavy atom. The first-order chi connectivity index (χ1) is 16.7. The maximum atomic E-state index is 11.5. The van der Waals surface area contributed by atoms with Crippen LogP contribution in [-0.4, -0.2) is 54.0 Å². The van der Waals surface area contributed by atoms with E-state index in [1.807, 2.05) is 67.6 Å². The maximum Gasteiger partial charge on any atom is 0.264 e. The molecule has 2 rings (SSSR count). The Labute approximate surface area is 210 Å². The zero-order valence-electron chi connectivity index (χ0n) is 21.5. The van der Waals surface area contributed by atoms with E-state index in [2.05, 4.69) is 13.8 Å². The molecule has 0 N–H and O–H groups in total. The number of hydrogen-bond acceptors (Lipinski definition) is 7. The van der Waals surface area contributed by atoms with Gasteiger partial charge in [0.25, 0.3) is 10.1 Å². The van der Waals surface area contributed by atoms with E-state index in [4.69, 9.17) is 23.1 Å². The Bertz CT molecular complexity index is 921. The van der Waals surface area contributed by atoms with Crippen molar-refractivity contribution in [2.75, 3.05) is 33.4 Å². The van der Waals surface area contributed by atoms with Crippen molar-refractivity contribution >= 4 is 10.1 Å². The molecule has 7 nitrogen and oxygen atoms in total. The van der Waals surface area contributed by atoms with E-state index in [0.717, 1.165) is 17.4 Å². The molecule has 0 radical (unpaired) electrons. The summed E-state index contributed by atoms with van der Waals surface area (Å²) in [5, 5.41) is 0. The van der Waals surface area contributed by atoms with Crippen molar-refractivity contribution in [3.05, 3.63) is 71.8 Å². The van der Waals surface area contributed by atoms with Crippen molar-refractivity contribution in [1.82, 2.24) is 0 Å². The molecule has 0 heterocycles. The largest absolute Gasteiger partial charge is 0.376 e. The quantitative estimate of drug-likeness (QED) is 0.227. The predicted molar refractivity (Wildman–Crippen MR) is 136 cm³/mol. The molecule has 0 unspecified atom stereocenters.